The number of nitrogens with zero attached hydrogens (tertiary/aromatic N) is 3. The monoisotopic (exact) mass is 555 g/mol. The summed E-state index contributed by atoms with van der Waals surface area (Å²) in [5, 5.41) is 4.90. The SMILES string of the molecule is CCOCCCN1C(=O)C(=Cc2cn(-c3ccccc3)nc2-c2ccc(OCc3ccccc3)cc2)SC1=S. The Hall–Kier alpha value is -3.72. The molecule has 2 heterocycles. The lowest BCUT2D eigenvalue weighted by molar-refractivity contribution is -0.122. The molecule has 1 amide bonds. The van der Waals surface area contributed by atoms with Gasteiger partial charge in [0.15, 0.2) is 0 Å². The van der Waals surface area contributed by atoms with Crippen molar-refractivity contribution in [3.8, 4) is 22.7 Å². The molecular formula is C31H29N3O3S2. The number of para-hydroxylation sites is 1. The van der Waals surface area contributed by atoms with Crippen LogP contribution in [0.25, 0.3) is 23.0 Å². The summed E-state index contributed by atoms with van der Waals surface area (Å²) in [6, 6.07) is 27.9. The summed E-state index contributed by atoms with van der Waals surface area (Å²) in [5.74, 6) is 0.698. The molecule has 39 heavy (non-hydrogen) atoms. The van der Waals surface area contributed by atoms with Gasteiger partial charge in [-0.2, -0.15) is 5.10 Å². The lowest BCUT2D eigenvalue weighted by Gasteiger charge is -2.13. The molecule has 4 aromatic rings. The van der Waals surface area contributed by atoms with Gasteiger partial charge in [-0.05, 0) is 61.4 Å². The second-order valence-corrected chi connectivity index (χ2v) is 10.6. The van der Waals surface area contributed by atoms with Gasteiger partial charge in [0, 0.05) is 37.1 Å². The Bertz CT molecular complexity index is 1450. The Morgan fingerprint density at radius 3 is 2.41 bits per heavy atom. The van der Waals surface area contributed by atoms with E-state index in [2.05, 4.69) is 0 Å². The number of thioether (sulfide) groups is 1. The second-order valence-electron chi connectivity index (χ2n) is 8.90. The maximum absolute atomic E-state index is 13.2. The van der Waals surface area contributed by atoms with Gasteiger partial charge in [0.2, 0.25) is 0 Å². The predicted molar refractivity (Wildman–Crippen MR) is 161 cm³/mol. The largest absolute Gasteiger partial charge is 0.489 e. The van der Waals surface area contributed by atoms with Crippen molar-refractivity contribution >= 4 is 40.3 Å². The first-order valence-corrected chi connectivity index (χ1v) is 14.1. The van der Waals surface area contributed by atoms with Crippen molar-refractivity contribution in [2.45, 2.75) is 20.0 Å². The van der Waals surface area contributed by atoms with E-state index < -0.39 is 0 Å². The Balaban J connectivity index is 1.40. The highest BCUT2D eigenvalue weighted by Gasteiger charge is 2.32. The van der Waals surface area contributed by atoms with Crippen LogP contribution in [-0.4, -0.2) is 44.7 Å². The zero-order chi connectivity index (χ0) is 27.0. The summed E-state index contributed by atoms with van der Waals surface area (Å²) in [6.07, 6.45) is 4.58. The number of hydrogen-bond donors (Lipinski definition) is 0. The zero-order valence-electron chi connectivity index (χ0n) is 21.7. The third kappa shape index (κ3) is 6.65. The molecular weight excluding hydrogens is 526 g/mol. The summed E-state index contributed by atoms with van der Waals surface area (Å²) in [4.78, 5) is 15.5. The fraction of sp³-hybridized carbons (Fsp3) is 0.194. The molecule has 8 heteroatoms. The van der Waals surface area contributed by atoms with Crippen molar-refractivity contribution in [3.63, 3.8) is 0 Å². The van der Waals surface area contributed by atoms with Crippen LogP contribution in [0, 0.1) is 0 Å². The molecule has 0 radical (unpaired) electrons. The Morgan fingerprint density at radius 2 is 1.69 bits per heavy atom. The number of carbonyl (C=O) groups excluding carboxylic acids is 1. The Labute approximate surface area is 238 Å². The highest BCUT2D eigenvalue weighted by Crippen LogP contribution is 2.35. The van der Waals surface area contributed by atoms with Crippen LogP contribution in [0.15, 0.2) is 96.0 Å². The van der Waals surface area contributed by atoms with Gasteiger partial charge in [-0.25, -0.2) is 4.68 Å². The fourth-order valence-electron chi connectivity index (χ4n) is 4.18. The van der Waals surface area contributed by atoms with E-state index >= 15 is 0 Å². The first-order valence-electron chi connectivity index (χ1n) is 12.9. The first kappa shape index (κ1) is 26.9. The third-order valence-electron chi connectivity index (χ3n) is 6.17. The quantitative estimate of drug-likeness (QED) is 0.116. The van der Waals surface area contributed by atoms with E-state index in [9.17, 15) is 4.79 Å². The van der Waals surface area contributed by atoms with Gasteiger partial charge in [0.25, 0.3) is 5.91 Å². The summed E-state index contributed by atoms with van der Waals surface area (Å²) in [7, 11) is 0. The first-order chi connectivity index (χ1) is 19.1. The van der Waals surface area contributed by atoms with Gasteiger partial charge in [0.1, 0.15) is 16.7 Å². The van der Waals surface area contributed by atoms with Gasteiger partial charge in [-0.15, -0.1) is 0 Å². The molecule has 0 saturated carbocycles. The van der Waals surface area contributed by atoms with Crippen molar-refractivity contribution in [3.05, 3.63) is 107 Å². The van der Waals surface area contributed by atoms with E-state index in [0.29, 0.717) is 35.6 Å². The lowest BCUT2D eigenvalue weighted by Crippen LogP contribution is -2.29. The molecule has 3 aromatic carbocycles. The number of carbonyl (C=O) groups is 1. The van der Waals surface area contributed by atoms with Crippen LogP contribution in [0.2, 0.25) is 0 Å². The Morgan fingerprint density at radius 1 is 0.974 bits per heavy atom. The van der Waals surface area contributed by atoms with E-state index in [0.717, 1.165) is 40.2 Å². The van der Waals surface area contributed by atoms with Crippen LogP contribution in [0.5, 0.6) is 5.75 Å². The molecule has 1 fully saturated rings. The standard InChI is InChI=1S/C31H29N3O3S2/c1-2-36-19-9-18-33-30(35)28(39-31(33)38)20-25-21-34(26-12-7-4-8-13-26)32-29(25)24-14-16-27(17-15-24)37-22-23-10-5-3-6-11-23/h3-8,10-17,20-21H,2,9,18-19,22H2,1H3. The van der Waals surface area contributed by atoms with Crippen LogP contribution >= 0.6 is 24.0 Å². The highest BCUT2D eigenvalue weighted by molar-refractivity contribution is 8.26. The highest BCUT2D eigenvalue weighted by atomic mass is 32.2. The van der Waals surface area contributed by atoms with Crippen LogP contribution in [0.3, 0.4) is 0 Å². The van der Waals surface area contributed by atoms with Gasteiger partial charge >= 0.3 is 0 Å². The van der Waals surface area contributed by atoms with Crippen molar-refractivity contribution < 1.29 is 14.3 Å². The molecule has 1 aliphatic rings. The Kier molecular flexibility index (Phi) is 8.88. The molecule has 0 unspecified atom stereocenters. The normalized spacial score (nSPS) is 14.4. The van der Waals surface area contributed by atoms with Crippen LogP contribution in [-0.2, 0) is 16.1 Å². The minimum Gasteiger partial charge on any atom is -0.489 e. The predicted octanol–water partition coefficient (Wildman–Crippen LogP) is 6.75. The van der Waals surface area contributed by atoms with Crippen molar-refractivity contribution in [2.75, 3.05) is 19.8 Å². The van der Waals surface area contributed by atoms with E-state index in [1.165, 1.54) is 11.8 Å². The number of aromatic nitrogens is 2. The molecule has 1 aliphatic heterocycles. The molecule has 6 nitrogen and oxygen atoms in total. The van der Waals surface area contributed by atoms with E-state index in [4.69, 9.17) is 26.8 Å². The van der Waals surface area contributed by atoms with Crippen LogP contribution in [0.4, 0.5) is 0 Å². The molecule has 0 spiro atoms. The van der Waals surface area contributed by atoms with E-state index in [1.54, 1.807) is 4.90 Å². The minimum absolute atomic E-state index is 0.0791. The summed E-state index contributed by atoms with van der Waals surface area (Å²) in [5.41, 5.74) is 4.59. The zero-order valence-corrected chi connectivity index (χ0v) is 23.3. The molecule has 5 rings (SSSR count). The number of rotatable bonds is 11. The smallest absolute Gasteiger partial charge is 0.266 e. The number of ether oxygens (including phenoxy) is 2. The van der Waals surface area contributed by atoms with Gasteiger partial charge in [-0.3, -0.25) is 9.69 Å². The molecule has 198 valence electrons. The molecule has 0 N–H and O–H groups in total. The minimum atomic E-state index is -0.0791. The number of amides is 1. The van der Waals surface area contributed by atoms with E-state index in [1.807, 2.05) is 109 Å². The summed E-state index contributed by atoms with van der Waals surface area (Å²) in [6.45, 7) is 4.27. The number of hydrogen-bond acceptors (Lipinski definition) is 6. The lowest BCUT2D eigenvalue weighted by atomic mass is 10.1. The van der Waals surface area contributed by atoms with Gasteiger partial charge in [0.05, 0.1) is 16.3 Å². The summed E-state index contributed by atoms with van der Waals surface area (Å²) < 4.78 is 13.8. The molecule has 1 saturated heterocycles. The number of benzene rings is 3. The average molecular weight is 556 g/mol. The molecule has 0 atom stereocenters. The van der Waals surface area contributed by atoms with E-state index in [-0.39, 0.29) is 5.91 Å². The van der Waals surface area contributed by atoms with Crippen molar-refractivity contribution in [1.82, 2.24) is 14.7 Å². The van der Waals surface area contributed by atoms with Crippen LogP contribution in [0.1, 0.15) is 24.5 Å². The second kappa shape index (κ2) is 12.9. The topological polar surface area (TPSA) is 56.6 Å². The molecule has 0 bridgehead atoms. The van der Waals surface area contributed by atoms with Crippen molar-refractivity contribution in [2.24, 2.45) is 0 Å². The maximum Gasteiger partial charge on any atom is 0.266 e. The number of thiocarbonyl (C=S) groups is 1. The summed E-state index contributed by atoms with van der Waals surface area (Å²) >= 11 is 6.85. The molecule has 0 aliphatic carbocycles. The molecule has 1 aromatic heterocycles. The third-order valence-corrected chi connectivity index (χ3v) is 7.55. The van der Waals surface area contributed by atoms with Crippen LogP contribution < -0.4 is 4.74 Å². The van der Waals surface area contributed by atoms with Crippen molar-refractivity contribution in [1.29, 1.82) is 0 Å². The average Bonchev–Trinajstić information content (AvgIpc) is 3.51. The van der Waals surface area contributed by atoms with Gasteiger partial charge < -0.3 is 9.47 Å². The fourth-order valence-corrected chi connectivity index (χ4v) is 5.48. The van der Waals surface area contributed by atoms with Gasteiger partial charge in [-0.1, -0.05) is 72.5 Å². The maximum atomic E-state index is 13.2.